The highest BCUT2D eigenvalue weighted by molar-refractivity contribution is 5.58. The summed E-state index contributed by atoms with van der Waals surface area (Å²) in [7, 11) is 1.54. The van der Waals surface area contributed by atoms with Crippen LogP contribution in [0.15, 0.2) is 22.7 Å². The minimum absolute atomic E-state index is 0.258. The number of hydrogen-bond donors (Lipinski definition) is 1. The van der Waals surface area contributed by atoms with Crippen molar-refractivity contribution in [1.29, 1.82) is 0 Å². The largest absolute Gasteiger partial charge is 0.383 e. The van der Waals surface area contributed by atoms with Gasteiger partial charge in [-0.15, -0.1) is 0 Å². The summed E-state index contributed by atoms with van der Waals surface area (Å²) in [6.07, 6.45) is 0. The predicted molar refractivity (Wildman–Crippen MR) is 63.2 cm³/mol. The second-order valence-electron chi connectivity index (χ2n) is 3.98. The molecule has 5 nitrogen and oxygen atoms in total. The third-order valence-electron chi connectivity index (χ3n) is 2.55. The summed E-state index contributed by atoms with van der Waals surface area (Å²) >= 11 is 0. The van der Waals surface area contributed by atoms with Crippen molar-refractivity contribution in [2.45, 2.75) is 13.0 Å². The summed E-state index contributed by atoms with van der Waals surface area (Å²) in [6.45, 7) is 2.13. The lowest BCUT2D eigenvalue weighted by atomic mass is 10.1. The highest BCUT2D eigenvalue weighted by Crippen LogP contribution is 2.23. The number of nitrogens with two attached hydrogens (primary N) is 1. The predicted octanol–water partition coefficient (Wildman–Crippen LogP) is 1.83. The van der Waals surface area contributed by atoms with Crippen molar-refractivity contribution >= 4 is 0 Å². The van der Waals surface area contributed by atoms with Crippen molar-refractivity contribution in [3.63, 3.8) is 0 Å². The number of aryl methyl sites for hydroxylation is 1. The average Bonchev–Trinajstić information content (AvgIpc) is 2.82. The first kappa shape index (κ1) is 12.7. The number of halogens is 1. The van der Waals surface area contributed by atoms with Crippen LogP contribution in [0.25, 0.3) is 11.5 Å². The van der Waals surface area contributed by atoms with Gasteiger partial charge in [0.05, 0.1) is 12.6 Å². The molecule has 0 amide bonds. The highest BCUT2D eigenvalue weighted by atomic mass is 19.1. The van der Waals surface area contributed by atoms with Crippen LogP contribution in [0.4, 0.5) is 4.39 Å². The minimum atomic E-state index is -0.457. The van der Waals surface area contributed by atoms with Gasteiger partial charge in [-0.2, -0.15) is 4.98 Å². The molecule has 96 valence electrons. The zero-order chi connectivity index (χ0) is 13.1. The fourth-order valence-electron chi connectivity index (χ4n) is 1.57. The Morgan fingerprint density at radius 1 is 1.50 bits per heavy atom. The fourth-order valence-corrected chi connectivity index (χ4v) is 1.57. The number of aromatic nitrogens is 2. The maximum absolute atomic E-state index is 13.2. The molecule has 2 rings (SSSR count). The molecular formula is C12H14FN3O2. The molecule has 2 aromatic rings. The van der Waals surface area contributed by atoms with E-state index < -0.39 is 6.04 Å². The molecule has 6 heteroatoms. The Hall–Kier alpha value is -1.79. The van der Waals surface area contributed by atoms with Crippen molar-refractivity contribution in [1.82, 2.24) is 10.1 Å². The molecule has 0 bridgehead atoms. The molecular weight excluding hydrogens is 237 g/mol. The number of methoxy groups -OCH3 is 1. The van der Waals surface area contributed by atoms with Gasteiger partial charge in [0.2, 0.25) is 0 Å². The molecule has 1 heterocycles. The van der Waals surface area contributed by atoms with E-state index in [1.54, 1.807) is 6.07 Å². The molecule has 18 heavy (non-hydrogen) atoms. The summed E-state index contributed by atoms with van der Waals surface area (Å²) in [5.74, 6) is 0.251. The SMILES string of the molecule is COCC(N)c1noc(-c2cc(F)ccc2C)n1. The van der Waals surface area contributed by atoms with Crippen LogP contribution in [-0.4, -0.2) is 23.9 Å². The summed E-state index contributed by atoms with van der Waals surface area (Å²) < 4.78 is 23.2. The van der Waals surface area contributed by atoms with Gasteiger partial charge in [-0.3, -0.25) is 0 Å². The van der Waals surface area contributed by atoms with Gasteiger partial charge in [0.15, 0.2) is 5.82 Å². The normalized spacial score (nSPS) is 12.7. The lowest BCUT2D eigenvalue weighted by Crippen LogP contribution is -2.17. The van der Waals surface area contributed by atoms with Gasteiger partial charge in [-0.05, 0) is 24.6 Å². The minimum Gasteiger partial charge on any atom is -0.383 e. The van der Waals surface area contributed by atoms with E-state index in [1.165, 1.54) is 19.2 Å². The molecule has 1 unspecified atom stereocenters. The van der Waals surface area contributed by atoms with Crippen LogP contribution in [0.5, 0.6) is 0 Å². The van der Waals surface area contributed by atoms with E-state index in [0.717, 1.165) is 5.56 Å². The molecule has 0 saturated heterocycles. The molecule has 0 spiro atoms. The van der Waals surface area contributed by atoms with Gasteiger partial charge in [0.1, 0.15) is 5.82 Å². The van der Waals surface area contributed by atoms with Crippen LogP contribution < -0.4 is 5.73 Å². The number of ether oxygens (including phenoxy) is 1. The summed E-state index contributed by atoms with van der Waals surface area (Å²) in [5, 5.41) is 3.77. The van der Waals surface area contributed by atoms with Crippen molar-refractivity contribution in [2.24, 2.45) is 5.73 Å². The van der Waals surface area contributed by atoms with Crippen molar-refractivity contribution in [2.75, 3.05) is 13.7 Å². The molecule has 0 radical (unpaired) electrons. The first-order valence-corrected chi connectivity index (χ1v) is 5.46. The Morgan fingerprint density at radius 3 is 3.00 bits per heavy atom. The second kappa shape index (κ2) is 5.24. The van der Waals surface area contributed by atoms with Crippen molar-refractivity contribution in [3.8, 4) is 11.5 Å². The van der Waals surface area contributed by atoms with Crippen LogP contribution in [0.2, 0.25) is 0 Å². The molecule has 1 aromatic carbocycles. The van der Waals surface area contributed by atoms with Crippen LogP contribution in [0.1, 0.15) is 17.4 Å². The van der Waals surface area contributed by atoms with Gasteiger partial charge in [-0.25, -0.2) is 4.39 Å². The van der Waals surface area contributed by atoms with Crippen molar-refractivity contribution in [3.05, 3.63) is 35.4 Å². The Bertz CT molecular complexity index is 542. The van der Waals surface area contributed by atoms with E-state index in [0.29, 0.717) is 18.0 Å². The molecule has 2 N–H and O–H groups in total. The van der Waals surface area contributed by atoms with Gasteiger partial charge in [0, 0.05) is 12.7 Å². The van der Waals surface area contributed by atoms with Crippen molar-refractivity contribution < 1.29 is 13.7 Å². The maximum atomic E-state index is 13.2. The molecule has 0 aliphatic carbocycles. The zero-order valence-corrected chi connectivity index (χ0v) is 10.2. The zero-order valence-electron chi connectivity index (χ0n) is 10.2. The summed E-state index contributed by atoms with van der Waals surface area (Å²) in [6, 6.07) is 3.94. The number of rotatable bonds is 4. The lowest BCUT2D eigenvalue weighted by Gasteiger charge is -2.03. The van der Waals surface area contributed by atoms with Crippen LogP contribution >= 0.6 is 0 Å². The third kappa shape index (κ3) is 2.55. The smallest absolute Gasteiger partial charge is 0.258 e. The van der Waals surface area contributed by atoms with Crippen LogP contribution in [0, 0.1) is 12.7 Å². The van der Waals surface area contributed by atoms with Gasteiger partial charge in [-0.1, -0.05) is 11.2 Å². The third-order valence-corrected chi connectivity index (χ3v) is 2.55. The molecule has 0 saturated carbocycles. The second-order valence-corrected chi connectivity index (χ2v) is 3.98. The van der Waals surface area contributed by atoms with Crippen LogP contribution in [0.3, 0.4) is 0 Å². The Labute approximate surface area is 104 Å². The fraction of sp³-hybridized carbons (Fsp3) is 0.333. The Balaban J connectivity index is 2.32. The first-order valence-electron chi connectivity index (χ1n) is 5.46. The Kier molecular flexibility index (Phi) is 3.69. The lowest BCUT2D eigenvalue weighted by molar-refractivity contribution is 0.177. The van der Waals surface area contributed by atoms with E-state index in [1.807, 2.05) is 6.92 Å². The molecule has 0 fully saturated rings. The molecule has 1 atom stereocenters. The van der Waals surface area contributed by atoms with E-state index in [4.69, 9.17) is 15.0 Å². The summed E-state index contributed by atoms with van der Waals surface area (Å²) in [4.78, 5) is 4.15. The van der Waals surface area contributed by atoms with Gasteiger partial charge in [0.25, 0.3) is 5.89 Å². The van der Waals surface area contributed by atoms with Gasteiger partial charge >= 0.3 is 0 Å². The molecule has 0 aliphatic heterocycles. The van der Waals surface area contributed by atoms with E-state index in [-0.39, 0.29) is 11.7 Å². The Morgan fingerprint density at radius 2 is 2.28 bits per heavy atom. The van der Waals surface area contributed by atoms with E-state index in [2.05, 4.69) is 10.1 Å². The van der Waals surface area contributed by atoms with Crippen LogP contribution in [-0.2, 0) is 4.74 Å². The number of nitrogens with zero attached hydrogens (tertiary/aromatic N) is 2. The van der Waals surface area contributed by atoms with Gasteiger partial charge < -0.3 is 15.0 Å². The monoisotopic (exact) mass is 251 g/mol. The highest BCUT2D eigenvalue weighted by Gasteiger charge is 2.16. The standard InChI is InChI=1S/C12H14FN3O2/c1-7-3-4-8(13)5-9(7)12-15-11(16-18-12)10(14)6-17-2/h3-5,10H,6,14H2,1-2H3. The number of hydrogen-bond acceptors (Lipinski definition) is 5. The average molecular weight is 251 g/mol. The summed E-state index contributed by atoms with van der Waals surface area (Å²) in [5.41, 5.74) is 7.20. The topological polar surface area (TPSA) is 74.2 Å². The molecule has 1 aromatic heterocycles. The maximum Gasteiger partial charge on any atom is 0.258 e. The van der Waals surface area contributed by atoms with E-state index >= 15 is 0 Å². The molecule has 0 aliphatic rings. The first-order chi connectivity index (χ1) is 8.61. The number of benzene rings is 1. The van der Waals surface area contributed by atoms with E-state index in [9.17, 15) is 4.39 Å². The quantitative estimate of drug-likeness (QED) is 0.897.